The monoisotopic (exact) mass is 227 g/mol. The summed E-state index contributed by atoms with van der Waals surface area (Å²) < 4.78 is 5.31. The predicted octanol–water partition coefficient (Wildman–Crippen LogP) is 2.94. The van der Waals surface area contributed by atoms with Crippen LogP contribution in [0.5, 0.6) is 5.75 Å². The Labute approximate surface area is 96.4 Å². The smallest absolute Gasteiger partial charge is 0.122 e. The summed E-state index contributed by atoms with van der Waals surface area (Å²) in [5, 5.41) is 0.772. The van der Waals surface area contributed by atoms with Gasteiger partial charge in [0.15, 0.2) is 0 Å². The molecule has 1 aromatic carbocycles. The van der Waals surface area contributed by atoms with Gasteiger partial charge in [-0.2, -0.15) is 0 Å². The van der Waals surface area contributed by atoms with Crippen molar-refractivity contribution < 1.29 is 4.74 Å². The van der Waals surface area contributed by atoms with E-state index in [1.807, 2.05) is 19.1 Å². The molecule has 0 fully saturated rings. The Balaban J connectivity index is 2.99. The minimum Gasteiger partial charge on any atom is -0.496 e. The Morgan fingerprint density at radius 3 is 2.67 bits per heavy atom. The van der Waals surface area contributed by atoms with Crippen LogP contribution in [0.2, 0.25) is 5.02 Å². The standard InChI is InChI=1S/C12H18ClNO/c1-4-10(14)6-9-7-11(13)8(2)5-12(9)15-3/h5,7,10H,4,6,14H2,1-3H3. The molecule has 15 heavy (non-hydrogen) atoms. The van der Waals surface area contributed by atoms with Crippen LogP contribution in [0.4, 0.5) is 0 Å². The molecule has 84 valence electrons. The molecule has 0 spiro atoms. The molecule has 0 aliphatic carbocycles. The highest BCUT2D eigenvalue weighted by Gasteiger charge is 2.09. The van der Waals surface area contributed by atoms with Gasteiger partial charge < -0.3 is 10.5 Å². The molecular weight excluding hydrogens is 210 g/mol. The molecule has 0 aliphatic heterocycles. The van der Waals surface area contributed by atoms with Crippen LogP contribution in [0.1, 0.15) is 24.5 Å². The zero-order chi connectivity index (χ0) is 11.4. The Kier molecular flexibility index (Phi) is 4.43. The lowest BCUT2D eigenvalue weighted by molar-refractivity contribution is 0.407. The molecule has 0 bridgehead atoms. The SMILES string of the molecule is CCC(N)Cc1cc(Cl)c(C)cc1OC. The lowest BCUT2D eigenvalue weighted by atomic mass is 10.0. The average molecular weight is 228 g/mol. The maximum atomic E-state index is 6.07. The molecular formula is C12H18ClNO. The van der Waals surface area contributed by atoms with Gasteiger partial charge in [-0.3, -0.25) is 0 Å². The van der Waals surface area contributed by atoms with Crippen molar-refractivity contribution >= 4 is 11.6 Å². The number of aryl methyl sites for hydroxylation is 1. The van der Waals surface area contributed by atoms with Crippen molar-refractivity contribution in [1.29, 1.82) is 0 Å². The summed E-state index contributed by atoms with van der Waals surface area (Å²) in [6, 6.07) is 4.07. The summed E-state index contributed by atoms with van der Waals surface area (Å²) in [6.45, 7) is 4.04. The molecule has 0 saturated carbocycles. The van der Waals surface area contributed by atoms with Crippen LogP contribution < -0.4 is 10.5 Å². The number of halogens is 1. The van der Waals surface area contributed by atoms with Gasteiger partial charge in [0, 0.05) is 11.1 Å². The highest BCUT2D eigenvalue weighted by Crippen LogP contribution is 2.27. The number of ether oxygens (including phenoxy) is 1. The number of hydrogen-bond acceptors (Lipinski definition) is 2. The van der Waals surface area contributed by atoms with Crippen LogP contribution in [-0.4, -0.2) is 13.2 Å². The fourth-order valence-electron chi connectivity index (χ4n) is 1.47. The van der Waals surface area contributed by atoms with Gasteiger partial charge in [0.1, 0.15) is 5.75 Å². The third kappa shape index (κ3) is 3.11. The first kappa shape index (κ1) is 12.3. The van der Waals surface area contributed by atoms with Gasteiger partial charge in [-0.15, -0.1) is 0 Å². The molecule has 0 radical (unpaired) electrons. The molecule has 0 heterocycles. The Bertz CT molecular complexity index is 339. The van der Waals surface area contributed by atoms with Crippen LogP contribution in [-0.2, 0) is 6.42 Å². The van der Waals surface area contributed by atoms with E-state index in [0.717, 1.165) is 34.7 Å². The highest BCUT2D eigenvalue weighted by atomic mass is 35.5. The maximum Gasteiger partial charge on any atom is 0.122 e. The molecule has 0 amide bonds. The fourth-order valence-corrected chi connectivity index (χ4v) is 1.66. The molecule has 1 atom stereocenters. The molecule has 3 heteroatoms. The molecule has 1 rings (SSSR count). The van der Waals surface area contributed by atoms with E-state index in [-0.39, 0.29) is 6.04 Å². The highest BCUT2D eigenvalue weighted by molar-refractivity contribution is 6.31. The van der Waals surface area contributed by atoms with E-state index in [1.54, 1.807) is 7.11 Å². The van der Waals surface area contributed by atoms with Gasteiger partial charge in [0.25, 0.3) is 0 Å². The van der Waals surface area contributed by atoms with Crippen molar-refractivity contribution in [2.75, 3.05) is 7.11 Å². The Morgan fingerprint density at radius 1 is 1.47 bits per heavy atom. The number of methoxy groups -OCH3 is 1. The predicted molar refractivity (Wildman–Crippen MR) is 64.7 cm³/mol. The number of nitrogens with two attached hydrogens (primary N) is 1. The first-order valence-electron chi connectivity index (χ1n) is 5.17. The number of benzene rings is 1. The van der Waals surface area contributed by atoms with Crippen LogP contribution in [0.15, 0.2) is 12.1 Å². The van der Waals surface area contributed by atoms with Gasteiger partial charge in [0.05, 0.1) is 7.11 Å². The second kappa shape index (κ2) is 5.38. The Morgan fingerprint density at radius 2 is 2.13 bits per heavy atom. The second-order valence-corrected chi connectivity index (χ2v) is 4.19. The molecule has 1 unspecified atom stereocenters. The van der Waals surface area contributed by atoms with E-state index in [2.05, 4.69) is 6.92 Å². The van der Waals surface area contributed by atoms with Crippen molar-refractivity contribution in [2.45, 2.75) is 32.7 Å². The van der Waals surface area contributed by atoms with E-state index >= 15 is 0 Å². The van der Waals surface area contributed by atoms with Crippen molar-refractivity contribution in [3.8, 4) is 5.75 Å². The van der Waals surface area contributed by atoms with E-state index < -0.39 is 0 Å². The molecule has 0 aliphatic rings. The first-order valence-corrected chi connectivity index (χ1v) is 5.54. The van der Waals surface area contributed by atoms with Gasteiger partial charge in [-0.1, -0.05) is 18.5 Å². The summed E-state index contributed by atoms with van der Waals surface area (Å²) in [7, 11) is 1.67. The molecule has 2 nitrogen and oxygen atoms in total. The normalized spacial score (nSPS) is 12.6. The van der Waals surface area contributed by atoms with Crippen molar-refractivity contribution in [3.63, 3.8) is 0 Å². The summed E-state index contributed by atoms with van der Waals surface area (Å²) in [5.74, 6) is 0.876. The van der Waals surface area contributed by atoms with Crippen LogP contribution in [0.3, 0.4) is 0 Å². The largest absolute Gasteiger partial charge is 0.496 e. The van der Waals surface area contributed by atoms with E-state index in [1.165, 1.54) is 0 Å². The molecule has 0 aromatic heterocycles. The third-order valence-electron chi connectivity index (χ3n) is 2.57. The lowest BCUT2D eigenvalue weighted by Gasteiger charge is -2.14. The number of rotatable bonds is 4. The lowest BCUT2D eigenvalue weighted by Crippen LogP contribution is -2.21. The quantitative estimate of drug-likeness (QED) is 0.859. The zero-order valence-electron chi connectivity index (χ0n) is 9.51. The van der Waals surface area contributed by atoms with Gasteiger partial charge in [0.2, 0.25) is 0 Å². The fraction of sp³-hybridized carbons (Fsp3) is 0.500. The summed E-state index contributed by atoms with van der Waals surface area (Å²) in [6.07, 6.45) is 1.76. The van der Waals surface area contributed by atoms with Crippen LogP contribution in [0.25, 0.3) is 0 Å². The summed E-state index contributed by atoms with van der Waals surface area (Å²) in [5.41, 5.74) is 8.03. The molecule has 0 saturated heterocycles. The summed E-state index contributed by atoms with van der Waals surface area (Å²) in [4.78, 5) is 0. The van der Waals surface area contributed by atoms with Crippen LogP contribution >= 0.6 is 11.6 Å². The van der Waals surface area contributed by atoms with E-state index in [4.69, 9.17) is 22.1 Å². The maximum absolute atomic E-state index is 6.07. The van der Waals surface area contributed by atoms with Crippen molar-refractivity contribution in [3.05, 3.63) is 28.3 Å². The number of hydrogen-bond donors (Lipinski definition) is 1. The van der Waals surface area contributed by atoms with Crippen molar-refractivity contribution in [2.24, 2.45) is 5.73 Å². The minimum atomic E-state index is 0.165. The van der Waals surface area contributed by atoms with Gasteiger partial charge in [-0.25, -0.2) is 0 Å². The molecule has 1 aromatic rings. The summed E-state index contributed by atoms with van der Waals surface area (Å²) >= 11 is 6.07. The third-order valence-corrected chi connectivity index (χ3v) is 2.98. The Hall–Kier alpha value is -0.730. The van der Waals surface area contributed by atoms with E-state index in [9.17, 15) is 0 Å². The average Bonchev–Trinajstić information content (AvgIpc) is 2.22. The zero-order valence-corrected chi connectivity index (χ0v) is 10.3. The second-order valence-electron chi connectivity index (χ2n) is 3.79. The topological polar surface area (TPSA) is 35.2 Å². The van der Waals surface area contributed by atoms with Crippen molar-refractivity contribution in [1.82, 2.24) is 0 Å². The first-order chi connectivity index (χ1) is 7.08. The van der Waals surface area contributed by atoms with Gasteiger partial charge >= 0.3 is 0 Å². The minimum absolute atomic E-state index is 0.165. The van der Waals surface area contributed by atoms with E-state index in [0.29, 0.717) is 0 Å². The van der Waals surface area contributed by atoms with Gasteiger partial charge in [-0.05, 0) is 43.0 Å². The molecule has 2 N–H and O–H groups in total. The van der Waals surface area contributed by atoms with Crippen LogP contribution in [0, 0.1) is 6.92 Å².